The van der Waals surface area contributed by atoms with Crippen LogP contribution >= 0.6 is 27.5 Å². The quantitative estimate of drug-likeness (QED) is 0.706. The van der Waals surface area contributed by atoms with Crippen molar-refractivity contribution in [3.63, 3.8) is 0 Å². The van der Waals surface area contributed by atoms with Gasteiger partial charge in [-0.15, -0.1) is 0 Å². The van der Waals surface area contributed by atoms with E-state index < -0.39 is 0 Å². The van der Waals surface area contributed by atoms with Gasteiger partial charge in [0.25, 0.3) is 5.89 Å². The number of halogens is 2. The van der Waals surface area contributed by atoms with Crippen LogP contribution in [0, 0.1) is 6.92 Å². The fourth-order valence-electron chi connectivity index (χ4n) is 1.84. The fourth-order valence-corrected chi connectivity index (χ4v) is 2.33. The lowest BCUT2D eigenvalue weighted by Gasteiger charge is -1.99. The first-order valence-electron chi connectivity index (χ1n) is 6.14. The van der Waals surface area contributed by atoms with Crippen molar-refractivity contribution < 1.29 is 9.63 Å². The van der Waals surface area contributed by atoms with E-state index in [2.05, 4.69) is 26.1 Å². The van der Waals surface area contributed by atoms with Crippen molar-refractivity contribution in [3.8, 4) is 28.6 Å². The third-order valence-corrected chi connectivity index (χ3v) is 4.27. The molecule has 106 valence electrons. The highest BCUT2D eigenvalue weighted by Gasteiger charge is 2.12. The number of phenolic OH excluding ortho intramolecular Hbond substituents is 1. The largest absolute Gasteiger partial charge is 0.508 e. The van der Waals surface area contributed by atoms with Crippen molar-refractivity contribution in [1.82, 2.24) is 10.1 Å². The monoisotopic (exact) mass is 364 g/mol. The zero-order valence-electron chi connectivity index (χ0n) is 11.0. The second kappa shape index (κ2) is 5.50. The molecular weight excluding hydrogens is 356 g/mol. The summed E-state index contributed by atoms with van der Waals surface area (Å²) in [6.07, 6.45) is 0. The van der Waals surface area contributed by atoms with Crippen LogP contribution < -0.4 is 0 Å². The molecular formula is C15H10BrClN2O2. The van der Waals surface area contributed by atoms with Crippen LogP contribution in [0.1, 0.15) is 5.56 Å². The molecule has 3 rings (SSSR count). The first-order valence-corrected chi connectivity index (χ1v) is 7.31. The number of aromatic nitrogens is 2. The van der Waals surface area contributed by atoms with Crippen LogP contribution in [0.4, 0.5) is 0 Å². The van der Waals surface area contributed by atoms with Crippen LogP contribution in [0.5, 0.6) is 5.75 Å². The van der Waals surface area contributed by atoms with Crippen LogP contribution in [-0.4, -0.2) is 15.2 Å². The number of aromatic hydroxyl groups is 1. The Morgan fingerprint density at radius 1 is 1.14 bits per heavy atom. The Morgan fingerprint density at radius 2 is 1.90 bits per heavy atom. The van der Waals surface area contributed by atoms with E-state index in [4.69, 9.17) is 16.1 Å². The third kappa shape index (κ3) is 2.80. The van der Waals surface area contributed by atoms with Gasteiger partial charge in [0.15, 0.2) is 0 Å². The SMILES string of the molecule is Cc1ccc(-c2nc(-c3ccc(Cl)c(Br)c3)no2)cc1O. The third-order valence-electron chi connectivity index (χ3n) is 3.06. The molecule has 4 nitrogen and oxygen atoms in total. The van der Waals surface area contributed by atoms with Gasteiger partial charge in [-0.3, -0.25) is 0 Å². The number of rotatable bonds is 2. The highest BCUT2D eigenvalue weighted by atomic mass is 79.9. The van der Waals surface area contributed by atoms with Gasteiger partial charge in [0.2, 0.25) is 5.82 Å². The first-order chi connectivity index (χ1) is 10.0. The summed E-state index contributed by atoms with van der Waals surface area (Å²) in [6.45, 7) is 1.82. The van der Waals surface area contributed by atoms with Crippen LogP contribution in [0.2, 0.25) is 5.02 Å². The number of phenols is 1. The Bertz CT molecular complexity index is 751. The summed E-state index contributed by atoms with van der Waals surface area (Å²) >= 11 is 9.32. The van der Waals surface area contributed by atoms with Crippen LogP contribution in [0.3, 0.4) is 0 Å². The molecule has 3 aromatic rings. The summed E-state index contributed by atoms with van der Waals surface area (Å²) in [6, 6.07) is 10.6. The molecule has 0 saturated heterocycles. The first kappa shape index (κ1) is 14.1. The molecule has 0 unspecified atom stereocenters. The smallest absolute Gasteiger partial charge is 0.258 e. The second-order valence-electron chi connectivity index (χ2n) is 4.55. The van der Waals surface area contributed by atoms with E-state index in [-0.39, 0.29) is 5.75 Å². The van der Waals surface area contributed by atoms with Gasteiger partial charge in [-0.25, -0.2) is 0 Å². The molecule has 21 heavy (non-hydrogen) atoms. The summed E-state index contributed by atoms with van der Waals surface area (Å²) in [5.74, 6) is 1.01. The van der Waals surface area contributed by atoms with Crippen LogP contribution in [-0.2, 0) is 0 Å². The lowest BCUT2D eigenvalue weighted by atomic mass is 10.1. The van der Waals surface area contributed by atoms with Crippen molar-refractivity contribution in [2.45, 2.75) is 6.92 Å². The van der Waals surface area contributed by atoms with Gasteiger partial charge in [0.05, 0.1) is 5.02 Å². The normalized spacial score (nSPS) is 10.8. The summed E-state index contributed by atoms with van der Waals surface area (Å²) < 4.78 is 6.01. The number of hydrogen-bond acceptors (Lipinski definition) is 4. The molecule has 2 aromatic carbocycles. The Labute approximate surface area is 134 Å². The topological polar surface area (TPSA) is 59.2 Å². The average Bonchev–Trinajstić information content (AvgIpc) is 2.94. The summed E-state index contributed by atoms with van der Waals surface area (Å²) in [5.41, 5.74) is 2.25. The van der Waals surface area contributed by atoms with Gasteiger partial charge in [0.1, 0.15) is 5.75 Å². The Balaban J connectivity index is 1.99. The Kier molecular flexibility index (Phi) is 3.69. The van der Waals surface area contributed by atoms with Gasteiger partial charge in [-0.05, 0) is 58.7 Å². The van der Waals surface area contributed by atoms with Crippen molar-refractivity contribution >= 4 is 27.5 Å². The molecule has 0 aliphatic rings. The van der Waals surface area contributed by atoms with E-state index in [1.54, 1.807) is 18.2 Å². The molecule has 0 aliphatic carbocycles. The van der Waals surface area contributed by atoms with Gasteiger partial charge in [-0.1, -0.05) is 22.8 Å². The molecule has 0 aliphatic heterocycles. The molecule has 1 aromatic heterocycles. The average molecular weight is 366 g/mol. The van der Waals surface area contributed by atoms with E-state index in [1.807, 2.05) is 25.1 Å². The lowest BCUT2D eigenvalue weighted by Crippen LogP contribution is -1.83. The zero-order chi connectivity index (χ0) is 15.0. The van der Waals surface area contributed by atoms with Crippen molar-refractivity contribution in [2.75, 3.05) is 0 Å². The predicted molar refractivity (Wildman–Crippen MR) is 84.3 cm³/mol. The molecule has 0 atom stereocenters. The maximum atomic E-state index is 9.74. The van der Waals surface area contributed by atoms with E-state index in [9.17, 15) is 5.11 Å². The summed E-state index contributed by atoms with van der Waals surface area (Å²) in [7, 11) is 0. The molecule has 0 amide bonds. The van der Waals surface area contributed by atoms with Gasteiger partial charge in [-0.2, -0.15) is 4.98 Å². The van der Waals surface area contributed by atoms with E-state index in [0.717, 1.165) is 15.6 Å². The second-order valence-corrected chi connectivity index (χ2v) is 5.81. The number of benzene rings is 2. The molecule has 0 fully saturated rings. The van der Waals surface area contributed by atoms with Crippen molar-refractivity contribution in [1.29, 1.82) is 0 Å². The number of nitrogens with zero attached hydrogens (tertiary/aromatic N) is 2. The lowest BCUT2D eigenvalue weighted by molar-refractivity contribution is 0.431. The zero-order valence-corrected chi connectivity index (χ0v) is 13.3. The van der Waals surface area contributed by atoms with Crippen molar-refractivity contribution in [2.24, 2.45) is 0 Å². The van der Waals surface area contributed by atoms with Crippen LogP contribution in [0.15, 0.2) is 45.4 Å². The number of hydrogen-bond donors (Lipinski definition) is 1. The van der Waals surface area contributed by atoms with Crippen LogP contribution in [0.25, 0.3) is 22.8 Å². The number of aryl methyl sites for hydroxylation is 1. The van der Waals surface area contributed by atoms with Gasteiger partial charge < -0.3 is 9.63 Å². The highest BCUT2D eigenvalue weighted by Crippen LogP contribution is 2.30. The standard InChI is InChI=1S/C15H10BrClN2O2/c1-8-2-3-10(7-13(8)20)15-18-14(19-21-15)9-4-5-12(17)11(16)6-9/h2-7,20H,1H3. The maximum Gasteiger partial charge on any atom is 0.258 e. The van der Waals surface area contributed by atoms with Gasteiger partial charge in [0, 0.05) is 15.6 Å². The van der Waals surface area contributed by atoms with Crippen molar-refractivity contribution in [3.05, 3.63) is 51.5 Å². The van der Waals surface area contributed by atoms with E-state index >= 15 is 0 Å². The minimum absolute atomic E-state index is 0.196. The minimum Gasteiger partial charge on any atom is -0.508 e. The fraction of sp³-hybridized carbons (Fsp3) is 0.0667. The van der Waals surface area contributed by atoms with E-state index in [1.165, 1.54) is 0 Å². The molecule has 0 saturated carbocycles. The molecule has 1 N–H and O–H groups in total. The van der Waals surface area contributed by atoms with Gasteiger partial charge >= 0.3 is 0 Å². The predicted octanol–water partition coefficient (Wildman–Crippen LogP) is 4.83. The summed E-state index contributed by atoms with van der Waals surface area (Å²) in [5, 5.41) is 14.3. The Morgan fingerprint density at radius 3 is 2.62 bits per heavy atom. The molecule has 0 radical (unpaired) electrons. The highest BCUT2D eigenvalue weighted by molar-refractivity contribution is 9.10. The molecule has 0 bridgehead atoms. The van der Waals surface area contributed by atoms with E-state index in [0.29, 0.717) is 22.3 Å². The summed E-state index contributed by atoms with van der Waals surface area (Å²) in [4.78, 5) is 4.34. The molecule has 0 spiro atoms. The molecule has 1 heterocycles. The Hall–Kier alpha value is -1.85. The maximum absolute atomic E-state index is 9.74. The molecule has 6 heteroatoms. The minimum atomic E-state index is 0.196.